The smallest absolute Gasteiger partial charge is 0.286 e. The lowest BCUT2D eigenvalue weighted by Gasteiger charge is -2.27. The summed E-state index contributed by atoms with van der Waals surface area (Å²) in [5.41, 5.74) is 0.957. The number of aliphatic imine (C=N–C) groups is 1. The molecule has 8 heteroatoms. The van der Waals surface area contributed by atoms with Crippen molar-refractivity contribution in [2.75, 3.05) is 26.3 Å². The summed E-state index contributed by atoms with van der Waals surface area (Å²) in [5.74, 6) is 1.10. The van der Waals surface area contributed by atoms with E-state index in [0.717, 1.165) is 33.5 Å². The Labute approximate surface area is 163 Å². The minimum absolute atomic E-state index is 0.223. The second-order valence-electron chi connectivity index (χ2n) is 6.10. The molecule has 0 N–H and O–H groups in total. The van der Waals surface area contributed by atoms with Gasteiger partial charge < -0.3 is 14.1 Å². The zero-order valence-electron chi connectivity index (χ0n) is 14.3. The fourth-order valence-electron chi connectivity index (χ4n) is 2.94. The molecule has 1 fully saturated rings. The molecule has 2 aliphatic rings. The van der Waals surface area contributed by atoms with Crippen LogP contribution in [-0.2, 0) is 9.53 Å². The van der Waals surface area contributed by atoms with Crippen LogP contribution in [0.4, 0.5) is 0 Å². The van der Waals surface area contributed by atoms with Gasteiger partial charge in [0.25, 0.3) is 5.91 Å². The molecule has 3 aromatic rings. The van der Waals surface area contributed by atoms with Gasteiger partial charge in [0, 0.05) is 19.2 Å². The number of carbonyl (C=O) groups excluding carboxylic acids is 1. The number of ether oxygens (including phenoxy) is 1. The van der Waals surface area contributed by atoms with Gasteiger partial charge in [0.1, 0.15) is 5.76 Å². The molecule has 0 atom stereocenters. The first-order valence-electron chi connectivity index (χ1n) is 8.57. The predicted octanol–water partition coefficient (Wildman–Crippen LogP) is 3.86. The van der Waals surface area contributed by atoms with Crippen LogP contribution in [0, 0.1) is 0 Å². The molecule has 0 unspecified atom stereocenters. The number of carbonyl (C=O) groups is 1. The van der Waals surface area contributed by atoms with Gasteiger partial charge in [-0.2, -0.15) is 4.99 Å². The van der Waals surface area contributed by atoms with E-state index in [4.69, 9.17) is 9.15 Å². The second-order valence-corrected chi connectivity index (χ2v) is 8.14. The molecule has 0 saturated carbocycles. The Hall–Kier alpha value is -2.42. The molecule has 27 heavy (non-hydrogen) atoms. The first kappa shape index (κ1) is 16.7. The van der Waals surface area contributed by atoms with Gasteiger partial charge in [0.05, 0.1) is 28.3 Å². The van der Waals surface area contributed by atoms with Crippen LogP contribution in [0.1, 0.15) is 5.76 Å². The number of thiazole rings is 1. The number of benzene rings is 1. The second kappa shape index (κ2) is 6.95. The van der Waals surface area contributed by atoms with Gasteiger partial charge in [-0.15, -0.1) is 11.3 Å². The quantitative estimate of drug-likeness (QED) is 0.612. The molecule has 2 aromatic heterocycles. The molecule has 136 valence electrons. The van der Waals surface area contributed by atoms with Crippen LogP contribution < -0.4 is 0 Å². The van der Waals surface area contributed by atoms with Crippen molar-refractivity contribution in [3.63, 3.8) is 0 Å². The standard InChI is InChI=1S/C19H15N3O3S2/c23-17-16(27-19(21-17)22-7-9-24-10-8-22)11-12-5-6-14(25-12)18-20-13-3-1-2-4-15(13)26-18/h1-6,11H,7-10H2. The Morgan fingerprint density at radius 3 is 2.81 bits per heavy atom. The molecule has 2 aliphatic heterocycles. The van der Waals surface area contributed by atoms with E-state index in [-0.39, 0.29) is 5.91 Å². The molecular weight excluding hydrogens is 382 g/mol. The van der Waals surface area contributed by atoms with E-state index >= 15 is 0 Å². The minimum Gasteiger partial charge on any atom is -0.454 e. The average Bonchev–Trinajstić information content (AvgIpc) is 3.41. The minimum atomic E-state index is -0.223. The highest BCUT2D eigenvalue weighted by atomic mass is 32.2. The first-order chi connectivity index (χ1) is 13.3. The van der Waals surface area contributed by atoms with Gasteiger partial charge >= 0.3 is 0 Å². The van der Waals surface area contributed by atoms with E-state index < -0.39 is 0 Å². The fraction of sp³-hybridized carbons (Fsp3) is 0.211. The number of hydrogen-bond acceptors (Lipinski definition) is 7. The highest BCUT2D eigenvalue weighted by Gasteiger charge is 2.27. The van der Waals surface area contributed by atoms with E-state index in [1.807, 2.05) is 36.4 Å². The van der Waals surface area contributed by atoms with Crippen LogP contribution in [0.15, 0.2) is 50.7 Å². The Kier molecular flexibility index (Phi) is 4.31. The third kappa shape index (κ3) is 3.31. The Balaban J connectivity index is 1.36. The molecule has 1 amide bonds. The first-order valence-corrected chi connectivity index (χ1v) is 10.2. The molecule has 0 radical (unpaired) electrons. The maximum atomic E-state index is 12.2. The monoisotopic (exact) mass is 397 g/mol. The molecular formula is C19H15N3O3S2. The third-order valence-corrected chi connectivity index (χ3v) is 6.39. The SMILES string of the molecule is O=C1N=C(N2CCOCC2)SC1=Cc1ccc(-c2nc3ccccc3s2)o1. The maximum absolute atomic E-state index is 12.2. The summed E-state index contributed by atoms with van der Waals surface area (Å²) in [5, 5.41) is 1.57. The number of hydrogen-bond donors (Lipinski definition) is 0. The van der Waals surface area contributed by atoms with Crippen LogP contribution in [-0.4, -0.2) is 47.3 Å². The van der Waals surface area contributed by atoms with Crippen LogP contribution in [0.25, 0.3) is 27.1 Å². The highest BCUT2D eigenvalue weighted by Crippen LogP contribution is 2.34. The molecule has 1 aromatic carbocycles. The number of rotatable bonds is 2. The Morgan fingerprint density at radius 1 is 1.11 bits per heavy atom. The number of amidine groups is 1. The van der Waals surface area contributed by atoms with E-state index in [0.29, 0.717) is 29.6 Å². The third-order valence-electron chi connectivity index (χ3n) is 4.30. The van der Waals surface area contributed by atoms with Crippen molar-refractivity contribution in [2.24, 2.45) is 4.99 Å². The summed E-state index contributed by atoms with van der Waals surface area (Å²) >= 11 is 2.98. The molecule has 5 rings (SSSR count). The lowest BCUT2D eigenvalue weighted by atomic mass is 10.3. The number of morpholine rings is 1. The number of para-hydroxylation sites is 1. The summed E-state index contributed by atoms with van der Waals surface area (Å²) in [6.45, 7) is 2.84. The summed E-state index contributed by atoms with van der Waals surface area (Å²) in [7, 11) is 0. The Morgan fingerprint density at radius 2 is 1.96 bits per heavy atom. The number of furan rings is 1. The summed E-state index contributed by atoms with van der Waals surface area (Å²) in [4.78, 5) is 23.7. The van der Waals surface area contributed by atoms with Crippen LogP contribution in [0.3, 0.4) is 0 Å². The molecule has 6 nitrogen and oxygen atoms in total. The van der Waals surface area contributed by atoms with E-state index in [1.165, 1.54) is 11.8 Å². The van der Waals surface area contributed by atoms with Crippen LogP contribution >= 0.6 is 23.1 Å². The molecule has 0 spiro atoms. The lowest BCUT2D eigenvalue weighted by molar-refractivity contribution is -0.113. The number of nitrogens with zero attached hydrogens (tertiary/aromatic N) is 3. The van der Waals surface area contributed by atoms with E-state index in [2.05, 4.69) is 14.9 Å². The van der Waals surface area contributed by atoms with Crippen molar-refractivity contribution >= 4 is 50.5 Å². The van der Waals surface area contributed by atoms with Crippen molar-refractivity contribution in [3.8, 4) is 10.8 Å². The number of thioether (sulfide) groups is 1. The van der Waals surface area contributed by atoms with Gasteiger partial charge in [0.15, 0.2) is 15.9 Å². The number of fused-ring (bicyclic) bond motifs is 1. The van der Waals surface area contributed by atoms with E-state index in [1.54, 1.807) is 17.4 Å². The topological polar surface area (TPSA) is 67.9 Å². The summed E-state index contributed by atoms with van der Waals surface area (Å²) < 4.78 is 12.4. The molecule has 1 saturated heterocycles. The van der Waals surface area contributed by atoms with Crippen molar-refractivity contribution in [2.45, 2.75) is 0 Å². The van der Waals surface area contributed by atoms with Gasteiger partial charge in [-0.25, -0.2) is 4.98 Å². The number of amides is 1. The van der Waals surface area contributed by atoms with Crippen molar-refractivity contribution < 1.29 is 13.9 Å². The van der Waals surface area contributed by atoms with E-state index in [9.17, 15) is 4.79 Å². The largest absolute Gasteiger partial charge is 0.454 e. The van der Waals surface area contributed by atoms with Crippen LogP contribution in [0.2, 0.25) is 0 Å². The highest BCUT2D eigenvalue weighted by molar-refractivity contribution is 8.18. The molecule has 0 bridgehead atoms. The Bertz CT molecular complexity index is 1040. The van der Waals surface area contributed by atoms with Crippen molar-refractivity contribution in [1.29, 1.82) is 0 Å². The average molecular weight is 397 g/mol. The molecule has 0 aliphatic carbocycles. The molecule has 4 heterocycles. The lowest BCUT2D eigenvalue weighted by Crippen LogP contribution is -2.38. The van der Waals surface area contributed by atoms with Crippen molar-refractivity contribution in [1.82, 2.24) is 9.88 Å². The summed E-state index contributed by atoms with van der Waals surface area (Å²) in [6.07, 6.45) is 1.75. The number of aromatic nitrogens is 1. The normalized spacial score (nSPS) is 19.3. The van der Waals surface area contributed by atoms with Gasteiger partial charge in [-0.05, 0) is 36.0 Å². The van der Waals surface area contributed by atoms with Gasteiger partial charge in [-0.1, -0.05) is 12.1 Å². The summed E-state index contributed by atoms with van der Waals surface area (Å²) in [6, 6.07) is 11.7. The zero-order valence-corrected chi connectivity index (χ0v) is 15.9. The fourth-order valence-corrected chi connectivity index (χ4v) is 4.81. The van der Waals surface area contributed by atoms with Crippen LogP contribution in [0.5, 0.6) is 0 Å². The van der Waals surface area contributed by atoms with Gasteiger partial charge in [-0.3, -0.25) is 4.79 Å². The van der Waals surface area contributed by atoms with Gasteiger partial charge in [0.2, 0.25) is 0 Å². The maximum Gasteiger partial charge on any atom is 0.286 e. The predicted molar refractivity (Wildman–Crippen MR) is 108 cm³/mol. The van der Waals surface area contributed by atoms with Crippen molar-refractivity contribution in [3.05, 3.63) is 47.1 Å². The zero-order chi connectivity index (χ0) is 18.2.